The summed E-state index contributed by atoms with van der Waals surface area (Å²) in [5.41, 5.74) is 2.43. The van der Waals surface area contributed by atoms with Gasteiger partial charge >= 0.3 is 0 Å². The molecule has 0 spiro atoms. The highest BCUT2D eigenvalue weighted by molar-refractivity contribution is 5.76. The van der Waals surface area contributed by atoms with E-state index in [2.05, 4.69) is 48.7 Å². The molecule has 21 heavy (non-hydrogen) atoms. The molecular formula is C18H26N2O. The minimum Gasteiger partial charge on any atom is -0.350 e. The number of nitrogens with one attached hydrogen (secondary N) is 2. The first-order valence-corrected chi connectivity index (χ1v) is 8.22. The van der Waals surface area contributed by atoms with Crippen LogP contribution in [0, 0.1) is 12.8 Å². The molecule has 3 nitrogen and oxygen atoms in total. The Hall–Kier alpha value is -1.35. The highest BCUT2D eigenvalue weighted by Crippen LogP contribution is 2.32. The SMILES string of the molecule is Cc1ccc([C@H](C)NC(=O)CC2CC3CCC(C2)N3)cc1. The number of amides is 1. The van der Waals surface area contributed by atoms with E-state index in [-0.39, 0.29) is 11.9 Å². The average molecular weight is 286 g/mol. The first-order chi connectivity index (χ1) is 10.1. The zero-order chi connectivity index (χ0) is 14.8. The zero-order valence-corrected chi connectivity index (χ0v) is 13.1. The van der Waals surface area contributed by atoms with Crippen LogP contribution in [0.3, 0.4) is 0 Å². The molecule has 1 amide bonds. The van der Waals surface area contributed by atoms with Crippen LogP contribution in [-0.2, 0) is 4.79 Å². The van der Waals surface area contributed by atoms with Crippen LogP contribution in [0.4, 0.5) is 0 Å². The maximum absolute atomic E-state index is 12.3. The summed E-state index contributed by atoms with van der Waals surface area (Å²) in [6, 6.07) is 9.82. The minimum absolute atomic E-state index is 0.0940. The smallest absolute Gasteiger partial charge is 0.220 e. The molecule has 0 aromatic heterocycles. The van der Waals surface area contributed by atoms with Crippen molar-refractivity contribution >= 4 is 5.91 Å². The Morgan fingerprint density at radius 2 is 1.86 bits per heavy atom. The predicted octanol–water partition coefficient (Wildman–Crippen LogP) is 3.09. The van der Waals surface area contributed by atoms with Crippen LogP contribution in [-0.4, -0.2) is 18.0 Å². The number of hydrogen-bond acceptors (Lipinski definition) is 2. The normalized spacial score (nSPS) is 29.1. The summed E-state index contributed by atoms with van der Waals surface area (Å²) >= 11 is 0. The van der Waals surface area contributed by atoms with Gasteiger partial charge in [0.15, 0.2) is 0 Å². The van der Waals surface area contributed by atoms with Gasteiger partial charge in [-0.25, -0.2) is 0 Å². The van der Waals surface area contributed by atoms with Crippen LogP contribution in [0.15, 0.2) is 24.3 Å². The number of hydrogen-bond donors (Lipinski definition) is 2. The van der Waals surface area contributed by atoms with Crippen LogP contribution in [0.2, 0.25) is 0 Å². The Morgan fingerprint density at radius 1 is 1.24 bits per heavy atom. The van der Waals surface area contributed by atoms with Crippen LogP contribution in [0.1, 0.15) is 56.2 Å². The molecule has 1 aromatic carbocycles. The van der Waals surface area contributed by atoms with Gasteiger partial charge in [0, 0.05) is 18.5 Å². The minimum atomic E-state index is 0.0940. The molecule has 2 aliphatic rings. The maximum Gasteiger partial charge on any atom is 0.220 e. The highest BCUT2D eigenvalue weighted by Gasteiger charge is 2.34. The number of rotatable bonds is 4. The monoisotopic (exact) mass is 286 g/mol. The van der Waals surface area contributed by atoms with Crippen molar-refractivity contribution < 1.29 is 4.79 Å². The third-order valence-electron chi connectivity index (χ3n) is 5.00. The topological polar surface area (TPSA) is 41.1 Å². The number of piperidine rings is 1. The molecule has 2 unspecified atom stereocenters. The van der Waals surface area contributed by atoms with Crippen molar-refractivity contribution in [3.8, 4) is 0 Å². The highest BCUT2D eigenvalue weighted by atomic mass is 16.1. The molecule has 2 heterocycles. The number of carbonyl (C=O) groups excluding carboxylic acids is 1. The fraction of sp³-hybridized carbons (Fsp3) is 0.611. The van der Waals surface area contributed by atoms with E-state index in [1.54, 1.807) is 0 Å². The van der Waals surface area contributed by atoms with Crippen molar-refractivity contribution in [2.24, 2.45) is 5.92 Å². The Morgan fingerprint density at radius 3 is 2.48 bits per heavy atom. The Labute approximate surface area is 127 Å². The van der Waals surface area contributed by atoms with Crippen molar-refractivity contribution in [2.45, 2.75) is 64.1 Å². The quantitative estimate of drug-likeness (QED) is 0.893. The number of carbonyl (C=O) groups is 1. The zero-order valence-electron chi connectivity index (χ0n) is 13.1. The van der Waals surface area contributed by atoms with Crippen molar-refractivity contribution in [3.05, 3.63) is 35.4 Å². The van der Waals surface area contributed by atoms with Crippen molar-refractivity contribution in [1.29, 1.82) is 0 Å². The first-order valence-electron chi connectivity index (χ1n) is 8.22. The lowest BCUT2D eigenvalue weighted by Gasteiger charge is -2.29. The van der Waals surface area contributed by atoms with Gasteiger partial charge in [-0.05, 0) is 51.0 Å². The maximum atomic E-state index is 12.3. The molecule has 0 saturated carbocycles. The van der Waals surface area contributed by atoms with Gasteiger partial charge in [0.1, 0.15) is 0 Å². The third kappa shape index (κ3) is 3.65. The molecule has 3 heteroatoms. The van der Waals surface area contributed by atoms with Crippen LogP contribution in [0.5, 0.6) is 0 Å². The molecule has 2 aliphatic heterocycles. The molecule has 2 N–H and O–H groups in total. The largest absolute Gasteiger partial charge is 0.350 e. The molecule has 2 fully saturated rings. The van der Waals surface area contributed by atoms with Gasteiger partial charge in [0.2, 0.25) is 5.91 Å². The standard InChI is InChI=1S/C18H26N2O/c1-12-3-5-15(6-4-12)13(2)19-18(21)11-14-9-16-7-8-17(10-14)20-16/h3-6,13-14,16-17,20H,7-11H2,1-2H3,(H,19,21)/t13-,14?,16?,17?/m0/s1. The van der Waals surface area contributed by atoms with E-state index in [0.717, 1.165) is 0 Å². The Kier molecular flexibility index (Phi) is 4.29. The molecule has 0 radical (unpaired) electrons. The van der Waals surface area contributed by atoms with Crippen LogP contribution in [0.25, 0.3) is 0 Å². The second kappa shape index (κ2) is 6.18. The lowest BCUT2D eigenvalue weighted by molar-refractivity contribution is -0.122. The number of benzene rings is 1. The van der Waals surface area contributed by atoms with Gasteiger partial charge in [0.05, 0.1) is 6.04 Å². The van der Waals surface area contributed by atoms with E-state index < -0.39 is 0 Å². The van der Waals surface area contributed by atoms with E-state index in [4.69, 9.17) is 0 Å². The molecule has 0 aliphatic carbocycles. The van der Waals surface area contributed by atoms with Gasteiger partial charge < -0.3 is 10.6 Å². The second-order valence-electron chi connectivity index (χ2n) is 6.88. The molecule has 3 rings (SSSR count). The summed E-state index contributed by atoms with van der Waals surface area (Å²) in [5, 5.41) is 6.79. The molecule has 3 atom stereocenters. The van der Waals surface area contributed by atoms with E-state index in [1.807, 2.05) is 0 Å². The summed E-state index contributed by atoms with van der Waals surface area (Å²) in [4.78, 5) is 12.3. The summed E-state index contributed by atoms with van der Waals surface area (Å²) in [7, 11) is 0. The molecule has 2 bridgehead atoms. The molecule has 1 aromatic rings. The van der Waals surface area contributed by atoms with Crippen molar-refractivity contribution in [3.63, 3.8) is 0 Å². The average Bonchev–Trinajstić information content (AvgIpc) is 2.78. The van der Waals surface area contributed by atoms with Gasteiger partial charge in [0.25, 0.3) is 0 Å². The van der Waals surface area contributed by atoms with E-state index in [1.165, 1.54) is 36.8 Å². The first kappa shape index (κ1) is 14.6. The summed E-state index contributed by atoms with van der Waals surface area (Å²) in [6.07, 6.45) is 5.61. The predicted molar refractivity (Wildman–Crippen MR) is 85.0 cm³/mol. The summed E-state index contributed by atoms with van der Waals surface area (Å²) in [5.74, 6) is 0.767. The van der Waals surface area contributed by atoms with E-state index >= 15 is 0 Å². The lowest BCUT2D eigenvalue weighted by Crippen LogP contribution is -2.40. The third-order valence-corrected chi connectivity index (χ3v) is 5.00. The van der Waals surface area contributed by atoms with Gasteiger partial charge in [-0.15, -0.1) is 0 Å². The van der Waals surface area contributed by atoms with Crippen LogP contribution >= 0.6 is 0 Å². The van der Waals surface area contributed by atoms with E-state index in [0.29, 0.717) is 24.4 Å². The fourth-order valence-corrected chi connectivity index (χ4v) is 3.84. The second-order valence-corrected chi connectivity index (χ2v) is 6.88. The lowest BCUT2D eigenvalue weighted by atomic mass is 9.89. The Balaban J connectivity index is 1.50. The molecule has 114 valence electrons. The molecular weight excluding hydrogens is 260 g/mol. The van der Waals surface area contributed by atoms with Gasteiger partial charge in [-0.2, -0.15) is 0 Å². The number of fused-ring (bicyclic) bond motifs is 2. The van der Waals surface area contributed by atoms with Gasteiger partial charge in [-0.3, -0.25) is 4.79 Å². The fourth-order valence-electron chi connectivity index (χ4n) is 3.84. The van der Waals surface area contributed by atoms with Gasteiger partial charge in [-0.1, -0.05) is 29.8 Å². The van der Waals surface area contributed by atoms with E-state index in [9.17, 15) is 4.79 Å². The molecule has 2 saturated heterocycles. The summed E-state index contributed by atoms with van der Waals surface area (Å²) < 4.78 is 0. The number of aryl methyl sites for hydroxylation is 1. The van der Waals surface area contributed by atoms with Crippen molar-refractivity contribution in [2.75, 3.05) is 0 Å². The van der Waals surface area contributed by atoms with Crippen LogP contribution < -0.4 is 10.6 Å². The van der Waals surface area contributed by atoms with Crippen molar-refractivity contribution in [1.82, 2.24) is 10.6 Å². The Bertz CT molecular complexity index is 484. The summed E-state index contributed by atoms with van der Waals surface area (Å²) in [6.45, 7) is 4.15.